The largest absolute Gasteiger partial charge is 0.306 e. The number of aromatic nitrogens is 4. The average Bonchev–Trinajstić information content (AvgIpc) is 2.92. The molecule has 2 aromatic heterocycles. The number of carbonyl (C=O) groups is 1. The molecule has 138 valence electrons. The van der Waals surface area contributed by atoms with E-state index in [2.05, 4.69) is 31.9 Å². The molecule has 1 aromatic carbocycles. The van der Waals surface area contributed by atoms with Gasteiger partial charge in [0.15, 0.2) is 0 Å². The molecule has 0 N–H and O–H groups in total. The quantitative estimate of drug-likeness (QED) is 0.711. The predicted octanol–water partition coefficient (Wildman–Crippen LogP) is 2.93. The first-order chi connectivity index (χ1) is 13.2. The molecule has 1 atom stereocenters. The maximum absolute atomic E-state index is 12.7. The van der Waals surface area contributed by atoms with Crippen molar-refractivity contribution >= 4 is 16.7 Å². The zero-order valence-corrected chi connectivity index (χ0v) is 15.5. The molecule has 0 spiro atoms. The van der Waals surface area contributed by atoms with Crippen molar-refractivity contribution in [2.75, 3.05) is 20.1 Å². The lowest BCUT2D eigenvalue weighted by Crippen LogP contribution is -2.21. The second-order valence-corrected chi connectivity index (χ2v) is 7.22. The van der Waals surface area contributed by atoms with Crippen LogP contribution in [-0.2, 0) is 11.2 Å². The molecule has 0 saturated carbocycles. The van der Waals surface area contributed by atoms with E-state index in [0.717, 1.165) is 54.5 Å². The highest BCUT2D eigenvalue weighted by molar-refractivity contribution is 5.85. The Balaban J connectivity index is 1.54. The van der Waals surface area contributed by atoms with Crippen LogP contribution in [0.25, 0.3) is 22.2 Å². The Bertz CT molecular complexity index is 944. The Morgan fingerprint density at radius 2 is 2.07 bits per heavy atom. The summed E-state index contributed by atoms with van der Waals surface area (Å²) in [6.07, 6.45) is 10.1. The van der Waals surface area contributed by atoms with Crippen LogP contribution in [0.15, 0.2) is 43.0 Å². The summed E-state index contributed by atoms with van der Waals surface area (Å²) in [5, 5.41) is 0.954. The van der Waals surface area contributed by atoms with Crippen LogP contribution >= 0.6 is 0 Å². The number of benzene rings is 1. The topological polar surface area (TPSA) is 71.9 Å². The van der Waals surface area contributed by atoms with Gasteiger partial charge >= 0.3 is 0 Å². The number of ketones is 1. The summed E-state index contributed by atoms with van der Waals surface area (Å²) in [4.78, 5) is 32.5. The summed E-state index contributed by atoms with van der Waals surface area (Å²) in [5.41, 5.74) is 2.59. The van der Waals surface area contributed by atoms with Gasteiger partial charge in [0.25, 0.3) is 0 Å². The fourth-order valence-corrected chi connectivity index (χ4v) is 3.62. The van der Waals surface area contributed by atoms with E-state index < -0.39 is 0 Å². The molecule has 4 rings (SSSR count). The lowest BCUT2D eigenvalue weighted by Gasteiger charge is -2.13. The summed E-state index contributed by atoms with van der Waals surface area (Å²) in [7, 11) is 2.12. The van der Waals surface area contributed by atoms with E-state index in [1.165, 1.54) is 0 Å². The fourth-order valence-electron chi connectivity index (χ4n) is 3.62. The SMILES string of the molecule is CN1CCCC(C(=O)Cc2ncc3ccc(-c4cnccn4)cc3n2)CC1. The number of Topliss-reactive ketones (excluding diaryl/α,β-unsaturated/α-hetero) is 1. The molecule has 0 bridgehead atoms. The molecule has 0 radical (unpaired) electrons. The maximum atomic E-state index is 12.7. The van der Waals surface area contributed by atoms with Crippen molar-refractivity contribution in [3.63, 3.8) is 0 Å². The van der Waals surface area contributed by atoms with Gasteiger partial charge in [0.2, 0.25) is 0 Å². The zero-order chi connectivity index (χ0) is 18.6. The number of hydrogen-bond acceptors (Lipinski definition) is 6. The van der Waals surface area contributed by atoms with Crippen molar-refractivity contribution in [3.05, 3.63) is 48.8 Å². The molecule has 1 fully saturated rings. The van der Waals surface area contributed by atoms with E-state index >= 15 is 0 Å². The second-order valence-electron chi connectivity index (χ2n) is 7.22. The van der Waals surface area contributed by atoms with E-state index in [9.17, 15) is 4.79 Å². The van der Waals surface area contributed by atoms with Crippen LogP contribution in [-0.4, -0.2) is 50.8 Å². The Labute approximate surface area is 158 Å². The number of fused-ring (bicyclic) bond motifs is 1. The van der Waals surface area contributed by atoms with E-state index in [-0.39, 0.29) is 11.7 Å². The molecule has 0 amide bonds. The first kappa shape index (κ1) is 17.7. The Kier molecular flexibility index (Phi) is 5.16. The van der Waals surface area contributed by atoms with E-state index in [1.807, 2.05) is 18.2 Å². The van der Waals surface area contributed by atoms with Gasteiger partial charge in [0.1, 0.15) is 11.6 Å². The number of rotatable bonds is 4. The minimum Gasteiger partial charge on any atom is -0.306 e. The molecule has 1 saturated heterocycles. The zero-order valence-electron chi connectivity index (χ0n) is 15.5. The second kappa shape index (κ2) is 7.88. The standard InChI is InChI=1S/C21H23N5O/c1-26-9-2-3-15(6-10-26)20(27)12-21-24-13-17-5-4-16(11-18(17)25-21)19-14-22-7-8-23-19/h4-5,7-8,11,13-15H,2-3,6,9-10,12H2,1H3. The third-order valence-electron chi connectivity index (χ3n) is 5.23. The minimum absolute atomic E-state index is 0.125. The first-order valence-electron chi connectivity index (χ1n) is 9.42. The monoisotopic (exact) mass is 361 g/mol. The summed E-state index contributed by atoms with van der Waals surface area (Å²) in [6.45, 7) is 2.05. The van der Waals surface area contributed by atoms with Crippen LogP contribution in [0.5, 0.6) is 0 Å². The molecule has 1 unspecified atom stereocenters. The van der Waals surface area contributed by atoms with Crippen molar-refractivity contribution in [2.24, 2.45) is 5.92 Å². The molecule has 3 heterocycles. The van der Waals surface area contributed by atoms with Gasteiger partial charge in [0, 0.05) is 35.5 Å². The highest BCUT2D eigenvalue weighted by Crippen LogP contribution is 2.22. The molecule has 6 nitrogen and oxygen atoms in total. The predicted molar refractivity (Wildman–Crippen MR) is 104 cm³/mol. The van der Waals surface area contributed by atoms with Crippen LogP contribution in [0.1, 0.15) is 25.1 Å². The van der Waals surface area contributed by atoms with Crippen molar-refractivity contribution < 1.29 is 4.79 Å². The van der Waals surface area contributed by atoms with Crippen LogP contribution in [0.4, 0.5) is 0 Å². The first-order valence-corrected chi connectivity index (χ1v) is 9.42. The Morgan fingerprint density at radius 3 is 2.93 bits per heavy atom. The smallest absolute Gasteiger partial charge is 0.143 e. The van der Waals surface area contributed by atoms with Crippen LogP contribution < -0.4 is 0 Å². The molecule has 3 aromatic rings. The van der Waals surface area contributed by atoms with Crippen molar-refractivity contribution in [1.82, 2.24) is 24.8 Å². The maximum Gasteiger partial charge on any atom is 0.143 e. The highest BCUT2D eigenvalue weighted by atomic mass is 16.1. The molecular formula is C21H23N5O. The van der Waals surface area contributed by atoms with Gasteiger partial charge in [-0.05, 0) is 45.5 Å². The van der Waals surface area contributed by atoms with Crippen LogP contribution in [0.2, 0.25) is 0 Å². The summed E-state index contributed by atoms with van der Waals surface area (Å²) >= 11 is 0. The summed E-state index contributed by atoms with van der Waals surface area (Å²) < 4.78 is 0. The number of likely N-dealkylation sites (tertiary alicyclic amines) is 1. The van der Waals surface area contributed by atoms with Gasteiger partial charge in [-0.15, -0.1) is 0 Å². The average molecular weight is 361 g/mol. The van der Waals surface area contributed by atoms with Crippen molar-refractivity contribution in [3.8, 4) is 11.3 Å². The fraction of sp³-hybridized carbons (Fsp3) is 0.381. The Hall–Kier alpha value is -2.73. The van der Waals surface area contributed by atoms with E-state index in [0.29, 0.717) is 12.2 Å². The number of carbonyl (C=O) groups excluding carboxylic acids is 1. The molecule has 0 aliphatic carbocycles. The highest BCUT2D eigenvalue weighted by Gasteiger charge is 2.22. The lowest BCUT2D eigenvalue weighted by atomic mass is 9.93. The van der Waals surface area contributed by atoms with E-state index in [4.69, 9.17) is 0 Å². The molecular weight excluding hydrogens is 338 g/mol. The molecule has 6 heteroatoms. The Morgan fingerprint density at radius 1 is 1.15 bits per heavy atom. The van der Waals surface area contributed by atoms with E-state index in [1.54, 1.807) is 24.8 Å². The van der Waals surface area contributed by atoms with Crippen molar-refractivity contribution in [2.45, 2.75) is 25.7 Å². The molecule has 1 aliphatic rings. The summed E-state index contributed by atoms with van der Waals surface area (Å²) in [6, 6.07) is 5.95. The molecule has 27 heavy (non-hydrogen) atoms. The lowest BCUT2D eigenvalue weighted by molar-refractivity contribution is -0.122. The van der Waals surface area contributed by atoms with Crippen LogP contribution in [0, 0.1) is 5.92 Å². The third kappa shape index (κ3) is 4.17. The van der Waals surface area contributed by atoms with Gasteiger partial charge in [-0.2, -0.15) is 0 Å². The summed E-state index contributed by atoms with van der Waals surface area (Å²) in [5.74, 6) is 0.983. The van der Waals surface area contributed by atoms with Gasteiger partial charge in [-0.25, -0.2) is 9.97 Å². The normalized spacial score (nSPS) is 18.3. The third-order valence-corrected chi connectivity index (χ3v) is 5.23. The van der Waals surface area contributed by atoms with Crippen LogP contribution in [0.3, 0.4) is 0 Å². The van der Waals surface area contributed by atoms with Gasteiger partial charge in [-0.3, -0.25) is 14.8 Å². The minimum atomic E-state index is 0.125. The number of hydrogen-bond donors (Lipinski definition) is 0. The number of nitrogens with zero attached hydrogens (tertiary/aromatic N) is 5. The van der Waals surface area contributed by atoms with Gasteiger partial charge < -0.3 is 4.90 Å². The van der Waals surface area contributed by atoms with Gasteiger partial charge in [0.05, 0.1) is 23.8 Å². The van der Waals surface area contributed by atoms with Gasteiger partial charge in [-0.1, -0.05) is 12.1 Å². The van der Waals surface area contributed by atoms with Crippen molar-refractivity contribution in [1.29, 1.82) is 0 Å². The molecule has 1 aliphatic heterocycles.